The number of rotatable bonds is 10. The van der Waals surface area contributed by atoms with Crippen LogP contribution in [0.4, 0.5) is 5.69 Å². The molecule has 1 N–H and O–H groups in total. The van der Waals surface area contributed by atoms with Crippen LogP contribution in [-0.2, 0) is 14.3 Å². The van der Waals surface area contributed by atoms with E-state index < -0.39 is 5.97 Å². The lowest BCUT2D eigenvalue weighted by atomic mass is 10.0. The van der Waals surface area contributed by atoms with Gasteiger partial charge in [-0.3, -0.25) is 4.79 Å². The molecule has 0 saturated carbocycles. The highest BCUT2D eigenvalue weighted by Gasteiger charge is 2.12. The molecule has 2 rings (SSSR count). The van der Waals surface area contributed by atoms with Crippen molar-refractivity contribution in [3.05, 3.63) is 59.2 Å². The van der Waals surface area contributed by atoms with Crippen LogP contribution in [0.5, 0.6) is 5.75 Å². The monoisotopic (exact) mass is 399 g/mol. The fraction of sp³-hybridized carbons (Fsp3) is 0.391. The van der Waals surface area contributed by atoms with Crippen molar-refractivity contribution in [1.29, 1.82) is 0 Å². The molecule has 2 aromatic rings. The number of aryl methyl sites for hydroxylation is 1. The summed E-state index contributed by atoms with van der Waals surface area (Å²) in [5.74, 6) is 0.238. The van der Waals surface area contributed by atoms with Crippen molar-refractivity contribution >= 4 is 17.6 Å². The zero-order chi connectivity index (χ0) is 21.2. The van der Waals surface area contributed by atoms with Crippen molar-refractivity contribution in [1.82, 2.24) is 0 Å². The van der Waals surface area contributed by atoms with E-state index in [9.17, 15) is 9.59 Å². The average molecular weight is 399 g/mol. The van der Waals surface area contributed by atoms with Gasteiger partial charge >= 0.3 is 5.97 Å². The molecule has 0 aliphatic rings. The highest BCUT2D eigenvalue weighted by molar-refractivity contribution is 5.95. The Kier molecular flexibility index (Phi) is 8.68. The van der Waals surface area contributed by atoms with E-state index in [2.05, 4.69) is 19.2 Å². The summed E-state index contributed by atoms with van der Waals surface area (Å²) in [5, 5.41) is 2.75. The van der Waals surface area contributed by atoms with Gasteiger partial charge in [-0.1, -0.05) is 32.0 Å². The van der Waals surface area contributed by atoms with Crippen LogP contribution in [0.1, 0.15) is 48.2 Å². The van der Waals surface area contributed by atoms with E-state index in [0.29, 0.717) is 36.1 Å². The predicted octanol–water partition coefficient (Wildman–Crippen LogP) is 4.33. The summed E-state index contributed by atoms with van der Waals surface area (Å²) < 4.78 is 16.0. The van der Waals surface area contributed by atoms with E-state index in [4.69, 9.17) is 14.2 Å². The van der Waals surface area contributed by atoms with Gasteiger partial charge in [0.2, 0.25) is 0 Å². The molecule has 0 unspecified atom stereocenters. The molecule has 0 aliphatic heterocycles. The lowest BCUT2D eigenvalue weighted by Crippen LogP contribution is -2.21. The van der Waals surface area contributed by atoms with E-state index in [1.54, 1.807) is 24.3 Å². The van der Waals surface area contributed by atoms with Crippen LogP contribution in [0.3, 0.4) is 0 Å². The minimum atomic E-state index is -0.460. The minimum Gasteiger partial charge on any atom is -0.483 e. The maximum atomic E-state index is 12.3. The Morgan fingerprint density at radius 2 is 1.86 bits per heavy atom. The summed E-state index contributed by atoms with van der Waals surface area (Å²) in [4.78, 5) is 24.4. The zero-order valence-corrected chi connectivity index (χ0v) is 17.5. The van der Waals surface area contributed by atoms with Crippen LogP contribution in [0, 0.1) is 6.92 Å². The largest absolute Gasteiger partial charge is 0.483 e. The summed E-state index contributed by atoms with van der Waals surface area (Å²) in [6, 6.07) is 12.6. The van der Waals surface area contributed by atoms with E-state index in [-0.39, 0.29) is 19.1 Å². The Balaban J connectivity index is 1.93. The molecule has 29 heavy (non-hydrogen) atoms. The second kappa shape index (κ2) is 11.2. The summed E-state index contributed by atoms with van der Waals surface area (Å²) >= 11 is 0. The Hall–Kier alpha value is -2.86. The molecule has 0 atom stereocenters. The van der Waals surface area contributed by atoms with Crippen molar-refractivity contribution in [3.8, 4) is 5.75 Å². The van der Waals surface area contributed by atoms with Gasteiger partial charge in [0.05, 0.1) is 12.2 Å². The molecule has 6 nitrogen and oxygen atoms in total. The molecule has 1 amide bonds. The van der Waals surface area contributed by atoms with Gasteiger partial charge < -0.3 is 19.5 Å². The topological polar surface area (TPSA) is 73.9 Å². The lowest BCUT2D eigenvalue weighted by Gasteiger charge is -2.15. The summed E-state index contributed by atoms with van der Waals surface area (Å²) in [6.45, 7) is 9.01. The first kappa shape index (κ1) is 22.4. The maximum Gasteiger partial charge on any atom is 0.338 e. The van der Waals surface area contributed by atoms with Gasteiger partial charge in [0, 0.05) is 12.3 Å². The van der Waals surface area contributed by atoms with Crippen molar-refractivity contribution in [3.63, 3.8) is 0 Å². The Morgan fingerprint density at radius 1 is 1.07 bits per heavy atom. The first-order chi connectivity index (χ1) is 13.9. The molecular weight excluding hydrogens is 370 g/mol. The number of carbonyl (C=O) groups excluding carboxylic acids is 2. The molecule has 156 valence electrons. The van der Waals surface area contributed by atoms with Crippen LogP contribution in [0.15, 0.2) is 42.5 Å². The van der Waals surface area contributed by atoms with Crippen LogP contribution in [0.2, 0.25) is 0 Å². The van der Waals surface area contributed by atoms with Crippen LogP contribution in [-0.4, -0.2) is 38.3 Å². The Morgan fingerprint density at radius 3 is 2.59 bits per heavy atom. The van der Waals surface area contributed by atoms with Gasteiger partial charge in [0.15, 0.2) is 6.61 Å². The normalized spacial score (nSPS) is 10.7. The third kappa shape index (κ3) is 7.23. The molecule has 6 heteroatoms. The predicted molar refractivity (Wildman–Crippen MR) is 113 cm³/mol. The van der Waals surface area contributed by atoms with E-state index in [1.165, 1.54) is 0 Å². The van der Waals surface area contributed by atoms with Gasteiger partial charge in [-0.05, 0) is 55.2 Å². The Bertz CT molecular complexity index is 832. The third-order valence-electron chi connectivity index (χ3n) is 4.20. The highest BCUT2D eigenvalue weighted by atomic mass is 16.6. The van der Waals surface area contributed by atoms with Crippen molar-refractivity contribution < 1.29 is 23.8 Å². The van der Waals surface area contributed by atoms with Gasteiger partial charge in [-0.2, -0.15) is 0 Å². The Labute approximate surface area is 172 Å². The molecule has 0 spiro atoms. The summed E-state index contributed by atoms with van der Waals surface area (Å²) in [7, 11) is 0. The van der Waals surface area contributed by atoms with Gasteiger partial charge in [-0.25, -0.2) is 4.79 Å². The van der Waals surface area contributed by atoms with Crippen LogP contribution < -0.4 is 10.1 Å². The smallest absolute Gasteiger partial charge is 0.338 e. The average Bonchev–Trinajstić information content (AvgIpc) is 2.69. The highest BCUT2D eigenvalue weighted by Crippen LogP contribution is 2.27. The molecule has 0 aromatic heterocycles. The van der Waals surface area contributed by atoms with Crippen molar-refractivity contribution in [2.75, 3.05) is 31.7 Å². The molecule has 0 heterocycles. The number of esters is 1. The van der Waals surface area contributed by atoms with Crippen molar-refractivity contribution in [2.45, 2.75) is 33.6 Å². The molecule has 0 bridgehead atoms. The summed E-state index contributed by atoms with van der Waals surface area (Å²) in [6.07, 6.45) is 0. The number of hydrogen-bond donors (Lipinski definition) is 1. The van der Waals surface area contributed by atoms with Gasteiger partial charge in [0.1, 0.15) is 12.4 Å². The second-order valence-corrected chi connectivity index (χ2v) is 6.95. The lowest BCUT2D eigenvalue weighted by molar-refractivity contribution is -0.118. The second-order valence-electron chi connectivity index (χ2n) is 6.95. The molecular formula is C23H29NO5. The standard InChI is InChI=1S/C23H29NO5/c1-5-27-11-12-28-23(26)18-7-6-8-19(14-18)24-22(25)15-29-21-13-17(4)9-10-20(21)16(2)3/h6-10,13-14,16H,5,11-12,15H2,1-4H3,(H,24,25). The van der Waals surface area contributed by atoms with Crippen molar-refractivity contribution in [2.24, 2.45) is 0 Å². The van der Waals surface area contributed by atoms with E-state index in [0.717, 1.165) is 11.1 Å². The number of anilines is 1. The summed E-state index contributed by atoms with van der Waals surface area (Å²) in [5.41, 5.74) is 2.99. The van der Waals surface area contributed by atoms with Crippen LogP contribution in [0.25, 0.3) is 0 Å². The minimum absolute atomic E-state index is 0.119. The fourth-order valence-electron chi connectivity index (χ4n) is 2.73. The number of carbonyl (C=O) groups is 2. The molecule has 0 radical (unpaired) electrons. The molecule has 2 aromatic carbocycles. The maximum absolute atomic E-state index is 12.3. The first-order valence-electron chi connectivity index (χ1n) is 9.78. The molecule has 0 fully saturated rings. The third-order valence-corrected chi connectivity index (χ3v) is 4.20. The first-order valence-corrected chi connectivity index (χ1v) is 9.78. The van der Waals surface area contributed by atoms with E-state index in [1.807, 2.05) is 32.0 Å². The fourth-order valence-corrected chi connectivity index (χ4v) is 2.73. The number of benzene rings is 2. The molecule has 0 aliphatic carbocycles. The van der Waals surface area contributed by atoms with Gasteiger partial charge in [-0.15, -0.1) is 0 Å². The SMILES string of the molecule is CCOCCOC(=O)c1cccc(NC(=O)COc2cc(C)ccc2C(C)C)c1. The van der Waals surface area contributed by atoms with Gasteiger partial charge in [0.25, 0.3) is 5.91 Å². The number of hydrogen-bond acceptors (Lipinski definition) is 5. The number of nitrogens with one attached hydrogen (secondary N) is 1. The van der Waals surface area contributed by atoms with Crippen LogP contribution >= 0.6 is 0 Å². The number of amides is 1. The van der Waals surface area contributed by atoms with E-state index >= 15 is 0 Å². The molecule has 0 saturated heterocycles. The quantitative estimate of drug-likeness (QED) is 0.475. The number of ether oxygens (including phenoxy) is 3. The zero-order valence-electron chi connectivity index (χ0n) is 17.5.